The summed E-state index contributed by atoms with van der Waals surface area (Å²) in [6, 6.07) is 8.47. The van der Waals surface area contributed by atoms with Gasteiger partial charge >= 0.3 is 0 Å². The number of piperidine rings is 1. The summed E-state index contributed by atoms with van der Waals surface area (Å²) in [5.41, 5.74) is 11.0. The Morgan fingerprint density at radius 1 is 1.14 bits per heavy atom. The fraction of sp³-hybridized carbons (Fsp3) is 0.576. The topological polar surface area (TPSA) is 117 Å². The van der Waals surface area contributed by atoms with Gasteiger partial charge in [-0.15, -0.1) is 0 Å². The fourth-order valence-corrected chi connectivity index (χ4v) is 6.62. The first-order valence-electron chi connectivity index (χ1n) is 15.7. The SMILES string of the molecule is CCCCc1c(-c2nc(OCC3CCCN3C)cc(N3CCC4(CC3)CC4)n2)noc1-c1c(CC)ccc(N)c1C#N. The Bertz CT molecular complexity index is 1460. The van der Waals surface area contributed by atoms with Crippen LogP contribution < -0.4 is 15.4 Å². The summed E-state index contributed by atoms with van der Waals surface area (Å²) >= 11 is 0. The van der Waals surface area contributed by atoms with E-state index in [-0.39, 0.29) is 0 Å². The van der Waals surface area contributed by atoms with E-state index in [9.17, 15) is 5.26 Å². The number of rotatable bonds is 10. The molecule has 2 saturated heterocycles. The molecule has 1 unspecified atom stereocenters. The monoisotopic (exact) mass is 569 g/mol. The molecule has 2 aliphatic heterocycles. The summed E-state index contributed by atoms with van der Waals surface area (Å²) < 4.78 is 12.5. The number of aromatic nitrogens is 3. The van der Waals surface area contributed by atoms with Gasteiger partial charge in [0.1, 0.15) is 18.5 Å². The van der Waals surface area contributed by atoms with Crippen molar-refractivity contribution in [2.24, 2.45) is 5.41 Å². The van der Waals surface area contributed by atoms with Crippen LogP contribution in [0.2, 0.25) is 0 Å². The molecule has 9 nitrogen and oxygen atoms in total. The number of unbranched alkanes of at least 4 members (excludes halogenated alkanes) is 1. The Morgan fingerprint density at radius 3 is 2.62 bits per heavy atom. The molecule has 3 fully saturated rings. The highest BCUT2D eigenvalue weighted by molar-refractivity contribution is 5.81. The minimum Gasteiger partial charge on any atom is -0.476 e. The van der Waals surface area contributed by atoms with Gasteiger partial charge in [0.2, 0.25) is 5.88 Å². The number of nitrogen functional groups attached to an aromatic ring is 1. The number of anilines is 2. The second kappa shape index (κ2) is 11.9. The van der Waals surface area contributed by atoms with E-state index < -0.39 is 0 Å². The molecule has 222 valence electrons. The molecular formula is C33H43N7O2. The van der Waals surface area contributed by atoms with Crippen molar-refractivity contribution in [1.82, 2.24) is 20.0 Å². The van der Waals surface area contributed by atoms with Crippen molar-refractivity contribution in [1.29, 1.82) is 5.26 Å². The Hall–Kier alpha value is -3.64. The predicted molar refractivity (Wildman–Crippen MR) is 164 cm³/mol. The quantitative estimate of drug-likeness (QED) is 0.293. The highest BCUT2D eigenvalue weighted by Crippen LogP contribution is 2.54. The van der Waals surface area contributed by atoms with Crippen LogP contribution in [0, 0.1) is 16.7 Å². The zero-order chi connectivity index (χ0) is 29.3. The van der Waals surface area contributed by atoms with Gasteiger partial charge in [0.05, 0.1) is 11.3 Å². The van der Waals surface area contributed by atoms with E-state index in [1.54, 1.807) is 6.07 Å². The molecule has 3 aromatic rings. The average molecular weight is 570 g/mol. The van der Waals surface area contributed by atoms with Crippen LogP contribution in [-0.2, 0) is 12.8 Å². The molecule has 2 aromatic heterocycles. The number of hydrogen-bond acceptors (Lipinski definition) is 9. The lowest BCUT2D eigenvalue weighted by molar-refractivity contribution is 0.193. The summed E-state index contributed by atoms with van der Waals surface area (Å²) in [7, 11) is 2.16. The van der Waals surface area contributed by atoms with Gasteiger partial charge in [0.15, 0.2) is 17.3 Å². The average Bonchev–Trinajstić information content (AvgIpc) is 3.42. The van der Waals surface area contributed by atoms with Crippen molar-refractivity contribution in [2.75, 3.05) is 43.9 Å². The lowest BCUT2D eigenvalue weighted by Gasteiger charge is -2.33. The van der Waals surface area contributed by atoms with Crippen molar-refractivity contribution in [3.05, 3.63) is 34.9 Å². The van der Waals surface area contributed by atoms with Crippen molar-refractivity contribution < 1.29 is 9.26 Å². The first-order chi connectivity index (χ1) is 20.4. The number of benzene rings is 1. The standard InChI is InChI=1S/C33H43N7O2/c1-4-6-9-24-30(38-42-31(24)29-22(5-2)10-11-26(35)25(29)20-34)32-36-27(40-17-14-33(12-13-33)15-18-40)19-28(37-32)41-21-23-8-7-16-39(23)3/h10-11,19,23H,4-9,12-18,21,35H2,1-3H3. The smallest absolute Gasteiger partial charge is 0.219 e. The van der Waals surface area contributed by atoms with Crippen molar-refractivity contribution in [2.45, 2.75) is 84.1 Å². The van der Waals surface area contributed by atoms with Gasteiger partial charge in [-0.05, 0) is 88.4 Å². The second-order valence-electron chi connectivity index (χ2n) is 12.4. The third kappa shape index (κ3) is 5.57. The first kappa shape index (κ1) is 28.5. The molecule has 1 spiro atoms. The maximum atomic E-state index is 10.1. The van der Waals surface area contributed by atoms with E-state index in [0.29, 0.717) is 52.5 Å². The van der Waals surface area contributed by atoms with Gasteiger partial charge in [-0.25, -0.2) is 4.98 Å². The molecule has 0 bridgehead atoms. The van der Waals surface area contributed by atoms with Crippen LogP contribution in [0.15, 0.2) is 22.7 Å². The summed E-state index contributed by atoms with van der Waals surface area (Å²) in [4.78, 5) is 14.7. The zero-order valence-electron chi connectivity index (χ0n) is 25.3. The molecule has 3 aliphatic rings. The maximum absolute atomic E-state index is 10.1. The Labute approximate surface area is 249 Å². The summed E-state index contributed by atoms with van der Waals surface area (Å²) in [6.07, 6.45) is 10.9. The van der Waals surface area contributed by atoms with E-state index in [0.717, 1.165) is 74.2 Å². The molecule has 2 N–H and O–H groups in total. The Morgan fingerprint density at radius 2 is 1.95 bits per heavy atom. The van der Waals surface area contributed by atoms with Crippen molar-refractivity contribution in [3.8, 4) is 34.8 Å². The Balaban J connectivity index is 1.42. The van der Waals surface area contributed by atoms with Gasteiger partial charge in [-0.1, -0.05) is 31.5 Å². The van der Waals surface area contributed by atoms with Crippen LogP contribution in [0.5, 0.6) is 5.88 Å². The van der Waals surface area contributed by atoms with E-state index in [1.165, 1.54) is 32.1 Å². The van der Waals surface area contributed by atoms with Crippen molar-refractivity contribution >= 4 is 11.5 Å². The summed E-state index contributed by atoms with van der Waals surface area (Å²) in [6.45, 7) is 7.91. The lowest BCUT2D eigenvalue weighted by atomic mass is 9.92. The number of hydrogen-bond donors (Lipinski definition) is 1. The molecule has 9 heteroatoms. The number of nitriles is 1. The van der Waals surface area contributed by atoms with Crippen LogP contribution in [-0.4, -0.2) is 59.4 Å². The highest BCUT2D eigenvalue weighted by atomic mass is 16.5. The van der Waals surface area contributed by atoms with E-state index in [4.69, 9.17) is 25.0 Å². The lowest BCUT2D eigenvalue weighted by Crippen LogP contribution is -2.35. The molecule has 6 rings (SSSR count). The van der Waals surface area contributed by atoms with Crippen LogP contribution in [0.3, 0.4) is 0 Å². The second-order valence-corrected chi connectivity index (χ2v) is 12.4. The number of likely N-dealkylation sites (tertiary alicyclic amines) is 1. The van der Waals surface area contributed by atoms with E-state index >= 15 is 0 Å². The summed E-state index contributed by atoms with van der Waals surface area (Å²) in [5.74, 6) is 2.56. The van der Waals surface area contributed by atoms with Crippen molar-refractivity contribution in [3.63, 3.8) is 0 Å². The largest absolute Gasteiger partial charge is 0.476 e. The number of likely N-dealkylation sites (N-methyl/N-ethyl adjacent to an activating group) is 1. The molecule has 0 radical (unpaired) electrons. The van der Waals surface area contributed by atoms with Crippen LogP contribution in [0.25, 0.3) is 22.8 Å². The van der Waals surface area contributed by atoms with Crippen LogP contribution >= 0.6 is 0 Å². The number of nitrogens with zero attached hydrogens (tertiary/aromatic N) is 6. The van der Waals surface area contributed by atoms with Gasteiger partial charge in [-0.2, -0.15) is 10.2 Å². The van der Waals surface area contributed by atoms with E-state index in [2.05, 4.69) is 41.9 Å². The van der Waals surface area contributed by atoms with Crippen LogP contribution in [0.1, 0.15) is 81.9 Å². The molecule has 1 saturated carbocycles. The third-order valence-electron chi connectivity index (χ3n) is 9.71. The van der Waals surface area contributed by atoms with Gasteiger partial charge in [0.25, 0.3) is 0 Å². The number of ether oxygens (including phenoxy) is 1. The van der Waals surface area contributed by atoms with Gasteiger partial charge in [0, 0.05) is 36.3 Å². The minimum absolute atomic E-state index is 0.385. The van der Waals surface area contributed by atoms with Gasteiger partial charge < -0.3 is 24.8 Å². The fourth-order valence-electron chi connectivity index (χ4n) is 6.62. The number of aryl methyl sites for hydroxylation is 1. The van der Waals surface area contributed by atoms with E-state index in [1.807, 2.05) is 12.1 Å². The summed E-state index contributed by atoms with van der Waals surface area (Å²) in [5, 5.41) is 14.6. The molecular weight excluding hydrogens is 526 g/mol. The molecule has 1 atom stereocenters. The first-order valence-corrected chi connectivity index (χ1v) is 15.7. The Kier molecular flexibility index (Phi) is 8.09. The molecule has 1 aliphatic carbocycles. The number of nitrogens with two attached hydrogens (primary N) is 1. The van der Waals surface area contributed by atoms with Gasteiger partial charge in [-0.3, -0.25) is 0 Å². The predicted octanol–water partition coefficient (Wildman–Crippen LogP) is 6.01. The molecule has 0 amide bonds. The molecule has 4 heterocycles. The maximum Gasteiger partial charge on any atom is 0.219 e. The normalized spacial score (nSPS) is 19.8. The zero-order valence-corrected chi connectivity index (χ0v) is 25.3. The third-order valence-corrected chi connectivity index (χ3v) is 9.71. The van der Waals surface area contributed by atoms with Crippen LogP contribution in [0.4, 0.5) is 11.5 Å². The minimum atomic E-state index is 0.385. The molecule has 42 heavy (non-hydrogen) atoms. The highest BCUT2D eigenvalue weighted by Gasteiger charge is 2.44. The molecule has 1 aromatic carbocycles.